The van der Waals surface area contributed by atoms with Crippen molar-refractivity contribution in [2.24, 2.45) is 0 Å². The lowest BCUT2D eigenvalue weighted by Crippen LogP contribution is -2.12. The number of halogens is 2. The van der Waals surface area contributed by atoms with Gasteiger partial charge in [-0.3, -0.25) is 0 Å². The van der Waals surface area contributed by atoms with E-state index in [1.807, 2.05) is 37.3 Å². The van der Waals surface area contributed by atoms with Gasteiger partial charge in [-0.15, -0.1) is 0 Å². The van der Waals surface area contributed by atoms with Crippen molar-refractivity contribution in [1.29, 1.82) is 0 Å². The Bertz CT molecular complexity index is 1540. The summed E-state index contributed by atoms with van der Waals surface area (Å²) in [6.07, 6.45) is 0. The number of benzene rings is 3. The van der Waals surface area contributed by atoms with E-state index in [1.54, 1.807) is 40.6 Å². The number of aryl methyl sites for hydroxylation is 1. The molecule has 41 heavy (non-hydrogen) atoms. The first kappa shape index (κ1) is 29.5. The number of aromatic nitrogens is 2. The lowest BCUT2D eigenvalue weighted by Gasteiger charge is -2.19. The number of ether oxygens (including phenoxy) is 5. The Morgan fingerprint density at radius 2 is 1.32 bits per heavy atom. The van der Waals surface area contributed by atoms with Gasteiger partial charge in [0.15, 0.2) is 23.2 Å². The van der Waals surface area contributed by atoms with E-state index in [0.29, 0.717) is 53.3 Å². The lowest BCUT2D eigenvalue weighted by atomic mass is 10.1. The topological polar surface area (TPSA) is 96.0 Å². The number of anilines is 2. The molecule has 216 valence electrons. The van der Waals surface area contributed by atoms with E-state index in [-0.39, 0.29) is 22.2 Å². The zero-order chi connectivity index (χ0) is 29.5. The first-order chi connectivity index (χ1) is 19.8. The maximum Gasteiger partial charge on any atom is 0.177 e. The van der Waals surface area contributed by atoms with Crippen molar-refractivity contribution in [3.8, 4) is 40.1 Å². The molecule has 1 aromatic heterocycles. The summed E-state index contributed by atoms with van der Waals surface area (Å²) in [7, 11) is 7.75. The summed E-state index contributed by atoms with van der Waals surface area (Å²) >= 11 is 6.12. The largest absolute Gasteiger partial charge is 0.497 e. The minimum atomic E-state index is -0.647. The van der Waals surface area contributed by atoms with Gasteiger partial charge in [-0.25, -0.2) is 14.4 Å². The van der Waals surface area contributed by atoms with E-state index in [1.165, 1.54) is 13.2 Å². The van der Waals surface area contributed by atoms with Crippen molar-refractivity contribution in [2.75, 3.05) is 46.2 Å². The van der Waals surface area contributed by atoms with Gasteiger partial charge in [-0.1, -0.05) is 11.6 Å². The third kappa shape index (κ3) is 6.49. The Kier molecular flexibility index (Phi) is 9.57. The van der Waals surface area contributed by atoms with Crippen molar-refractivity contribution in [1.82, 2.24) is 9.97 Å². The standard InChI is InChI=1S/C30H32ClFN4O5/c1-17-27(33-15-18-7-9-20(37-2)13-24(18)39-4)30(34-16-19-8-10-21(38-3)14-25(19)40-5)36-29(35-17)22-11-12-23(31)28(41-6)26(22)32/h7-14,33H,15-16H2,1-6H3,(H,34,35,36). The van der Waals surface area contributed by atoms with E-state index in [2.05, 4.69) is 15.6 Å². The van der Waals surface area contributed by atoms with Crippen molar-refractivity contribution in [2.45, 2.75) is 20.0 Å². The summed E-state index contributed by atoms with van der Waals surface area (Å²) < 4.78 is 42.2. The molecular formula is C30H32ClFN4O5. The van der Waals surface area contributed by atoms with Crippen LogP contribution < -0.4 is 34.3 Å². The van der Waals surface area contributed by atoms with Crippen molar-refractivity contribution < 1.29 is 28.1 Å². The van der Waals surface area contributed by atoms with Gasteiger partial charge in [0.05, 0.1) is 57.5 Å². The van der Waals surface area contributed by atoms with Crippen LogP contribution in [0.15, 0.2) is 48.5 Å². The van der Waals surface area contributed by atoms with Gasteiger partial charge in [-0.2, -0.15) is 0 Å². The second kappa shape index (κ2) is 13.3. The zero-order valence-corrected chi connectivity index (χ0v) is 24.5. The van der Waals surface area contributed by atoms with Crippen molar-refractivity contribution in [3.05, 3.63) is 76.2 Å². The van der Waals surface area contributed by atoms with Crippen LogP contribution in [0.1, 0.15) is 16.8 Å². The fourth-order valence-electron chi connectivity index (χ4n) is 4.28. The smallest absolute Gasteiger partial charge is 0.177 e. The van der Waals surface area contributed by atoms with Crippen LogP contribution in [0.2, 0.25) is 5.02 Å². The molecule has 0 saturated carbocycles. The number of nitrogens with one attached hydrogen (secondary N) is 2. The van der Waals surface area contributed by atoms with Crippen LogP contribution in [0, 0.1) is 12.7 Å². The second-order valence-electron chi connectivity index (χ2n) is 8.86. The fourth-order valence-corrected chi connectivity index (χ4v) is 4.51. The fraction of sp³-hybridized carbons (Fsp3) is 0.267. The van der Waals surface area contributed by atoms with Gasteiger partial charge in [0.25, 0.3) is 0 Å². The van der Waals surface area contributed by atoms with Crippen LogP contribution in [0.4, 0.5) is 15.9 Å². The van der Waals surface area contributed by atoms with Crippen molar-refractivity contribution >= 4 is 23.1 Å². The Balaban J connectivity index is 1.74. The Morgan fingerprint density at radius 3 is 1.85 bits per heavy atom. The SMILES string of the molecule is COc1ccc(CNc2nc(-c3ccc(Cl)c(OC)c3F)nc(C)c2NCc2ccc(OC)cc2OC)c(OC)c1. The first-order valence-corrected chi connectivity index (χ1v) is 13.0. The molecule has 0 fully saturated rings. The molecule has 0 aliphatic heterocycles. The van der Waals surface area contributed by atoms with Crippen LogP contribution in [0.5, 0.6) is 28.7 Å². The van der Waals surface area contributed by atoms with E-state index < -0.39 is 5.82 Å². The molecule has 0 atom stereocenters. The van der Waals surface area contributed by atoms with Crippen LogP contribution in [-0.4, -0.2) is 45.5 Å². The monoisotopic (exact) mass is 582 g/mol. The zero-order valence-electron chi connectivity index (χ0n) is 23.7. The molecule has 0 aliphatic carbocycles. The van der Waals surface area contributed by atoms with Crippen LogP contribution in [0.3, 0.4) is 0 Å². The highest BCUT2D eigenvalue weighted by atomic mass is 35.5. The lowest BCUT2D eigenvalue weighted by molar-refractivity contribution is 0.387. The molecular weight excluding hydrogens is 551 g/mol. The highest BCUT2D eigenvalue weighted by Crippen LogP contribution is 2.36. The number of hydrogen-bond acceptors (Lipinski definition) is 9. The number of methoxy groups -OCH3 is 5. The normalized spacial score (nSPS) is 10.6. The molecule has 0 unspecified atom stereocenters. The van der Waals surface area contributed by atoms with Crippen LogP contribution in [-0.2, 0) is 13.1 Å². The van der Waals surface area contributed by atoms with Gasteiger partial charge in [-0.05, 0) is 43.3 Å². The minimum absolute atomic E-state index is 0.0725. The molecule has 0 spiro atoms. The van der Waals surface area contributed by atoms with Gasteiger partial charge < -0.3 is 34.3 Å². The quantitative estimate of drug-likeness (QED) is 0.194. The predicted octanol–water partition coefficient (Wildman–Crippen LogP) is 6.51. The maximum absolute atomic E-state index is 15.3. The molecule has 4 rings (SSSR count). The van der Waals surface area contributed by atoms with Gasteiger partial charge in [0, 0.05) is 36.3 Å². The summed E-state index contributed by atoms with van der Waals surface area (Å²) in [4.78, 5) is 9.33. The number of hydrogen-bond donors (Lipinski definition) is 2. The molecule has 0 saturated heterocycles. The van der Waals surface area contributed by atoms with Crippen LogP contribution >= 0.6 is 11.6 Å². The number of nitrogens with zero attached hydrogens (tertiary/aromatic N) is 2. The Labute approximate surface area is 243 Å². The molecule has 3 aromatic carbocycles. The average molecular weight is 583 g/mol. The Hall–Kier alpha value is -4.44. The summed E-state index contributed by atoms with van der Waals surface area (Å²) in [5.41, 5.74) is 3.16. The van der Waals surface area contributed by atoms with E-state index >= 15 is 4.39 Å². The van der Waals surface area contributed by atoms with Gasteiger partial charge in [0.1, 0.15) is 23.0 Å². The molecule has 0 amide bonds. The molecule has 2 N–H and O–H groups in total. The molecule has 0 aliphatic rings. The van der Waals surface area contributed by atoms with E-state index in [4.69, 9.17) is 40.3 Å². The maximum atomic E-state index is 15.3. The molecule has 11 heteroatoms. The first-order valence-electron chi connectivity index (χ1n) is 12.6. The third-order valence-corrected chi connectivity index (χ3v) is 6.77. The van der Waals surface area contributed by atoms with Crippen LogP contribution in [0.25, 0.3) is 11.4 Å². The van der Waals surface area contributed by atoms with E-state index in [9.17, 15) is 0 Å². The summed E-state index contributed by atoms with van der Waals surface area (Å²) in [6, 6.07) is 14.2. The van der Waals surface area contributed by atoms with E-state index in [0.717, 1.165) is 11.1 Å². The summed E-state index contributed by atoms with van der Waals surface area (Å²) in [5, 5.41) is 6.94. The highest BCUT2D eigenvalue weighted by molar-refractivity contribution is 6.32. The third-order valence-electron chi connectivity index (χ3n) is 6.47. The second-order valence-corrected chi connectivity index (χ2v) is 9.27. The predicted molar refractivity (Wildman–Crippen MR) is 157 cm³/mol. The van der Waals surface area contributed by atoms with Gasteiger partial charge >= 0.3 is 0 Å². The average Bonchev–Trinajstić information content (AvgIpc) is 2.99. The number of rotatable bonds is 12. The highest BCUT2D eigenvalue weighted by Gasteiger charge is 2.20. The summed E-state index contributed by atoms with van der Waals surface area (Å²) in [6.45, 7) is 2.58. The minimum Gasteiger partial charge on any atom is -0.497 e. The molecule has 9 nitrogen and oxygen atoms in total. The molecule has 0 radical (unpaired) electrons. The molecule has 0 bridgehead atoms. The summed E-state index contributed by atoms with van der Waals surface area (Å²) in [5.74, 6) is 2.59. The van der Waals surface area contributed by atoms with Gasteiger partial charge in [0.2, 0.25) is 0 Å². The Morgan fingerprint density at radius 1 is 0.732 bits per heavy atom. The molecule has 1 heterocycles. The van der Waals surface area contributed by atoms with Crippen molar-refractivity contribution in [3.63, 3.8) is 0 Å². The molecule has 4 aromatic rings.